The first-order valence-corrected chi connectivity index (χ1v) is 12.3. The van der Waals surface area contributed by atoms with E-state index in [4.69, 9.17) is 20.6 Å². The molecule has 0 aliphatic carbocycles. The fourth-order valence-electron chi connectivity index (χ4n) is 1.42. The Kier molecular flexibility index (Phi) is 10.3. The molecule has 16 heavy (non-hydrogen) atoms. The van der Waals surface area contributed by atoms with E-state index < -0.39 is 49.3 Å². The minimum absolute atomic E-state index is 0.774. The molecule has 0 N–H and O–H groups in total. The molecule has 0 bridgehead atoms. The van der Waals surface area contributed by atoms with Gasteiger partial charge in [0.2, 0.25) is 0 Å². The van der Waals surface area contributed by atoms with Crippen LogP contribution in [0.2, 0.25) is 6.04 Å². The molecule has 1 aliphatic rings. The van der Waals surface area contributed by atoms with Crippen molar-refractivity contribution in [2.24, 2.45) is 0 Å². The lowest BCUT2D eigenvalue weighted by Crippen LogP contribution is -2.32. The topological polar surface area (TPSA) is 46.2 Å². The molecule has 0 spiro atoms. The molecule has 10 heteroatoms. The van der Waals surface area contributed by atoms with Gasteiger partial charge in [-0.15, -0.1) is 0 Å². The van der Waals surface area contributed by atoms with Gasteiger partial charge in [0.05, 0.1) is 0 Å². The standard InChI is InChI=1S/C6H22O5Si5/c1-2-3-4-5-6-16-10-14-8-12-7-13-9-15-11-16/h16H,2-6,12-15H2,1H3. The lowest BCUT2D eigenvalue weighted by molar-refractivity contribution is 0.330. The van der Waals surface area contributed by atoms with Crippen molar-refractivity contribution in [1.29, 1.82) is 0 Å². The van der Waals surface area contributed by atoms with E-state index in [1.807, 2.05) is 0 Å². The summed E-state index contributed by atoms with van der Waals surface area (Å²) in [7, 11) is -4.60. The van der Waals surface area contributed by atoms with Gasteiger partial charge in [0.25, 0.3) is 40.0 Å². The van der Waals surface area contributed by atoms with Crippen LogP contribution >= 0.6 is 0 Å². The van der Waals surface area contributed by atoms with E-state index in [0.717, 1.165) is 6.04 Å². The molecule has 0 aromatic heterocycles. The molecule has 0 aromatic rings. The first kappa shape index (κ1) is 14.9. The van der Waals surface area contributed by atoms with Crippen molar-refractivity contribution >= 4 is 49.3 Å². The Labute approximate surface area is 109 Å². The van der Waals surface area contributed by atoms with E-state index in [9.17, 15) is 0 Å². The van der Waals surface area contributed by atoms with Crippen LogP contribution in [0.5, 0.6) is 0 Å². The Morgan fingerprint density at radius 2 is 1.44 bits per heavy atom. The minimum Gasteiger partial charge on any atom is -0.425 e. The second-order valence-electron chi connectivity index (χ2n) is 3.70. The molecule has 0 aromatic carbocycles. The normalized spacial score (nSPS) is 30.2. The number of hydrogen-bond acceptors (Lipinski definition) is 5. The summed E-state index contributed by atoms with van der Waals surface area (Å²) in [6.07, 6.45) is 5.12. The molecule has 5 nitrogen and oxygen atoms in total. The van der Waals surface area contributed by atoms with E-state index in [1.165, 1.54) is 25.7 Å². The molecule has 1 heterocycles. The van der Waals surface area contributed by atoms with Crippen molar-refractivity contribution in [3.63, 3.8) is 0 Å². The molecule has 0 radical (unpaired) electrons. The van der Waals surface area contributed by atoms with Crippen LogP contribution in [-0.4, -0.2) is 49.3 Å². The Morgan fingerprint density at radius 1 is 0.812 bits per heavy atom. The first-order valence-electron chi connectivity index (χ1n) is 5.90. The van der Waals surface area contributed by atoms with Crippen LogP contribution in [0.3, 0.4) is 0 Å². The van der Waals surface area contributed by atoms with Crippen molar-refractivity contribution in [1.82, 2.24) is 0 Å². The maximum atomic E-state index is 5.76. The summed E-state index contributed by atoms with van der Waals surface area (Å²) in [4.78, 5) is 0. The zero-order valence-electron chi connectivity index (χ0n) is 9.98. The third-order valence-electron chi connectivity index (χ3n) is 2.30. The highest BCUT2D eigenvalue weighted by atomic mass is 28.4. The fraction of sp³-hybridized carbons (Fsp3) is 1.00. The molecular formula is C6H22O5Si5. The van der Waals surface area contributed by atoms with Gasteiger partial charge in [0.1, 0.15) is 0 Å². The smallest absolute Gasteiger partial charge is 0.303 e. The van der Waals surface area contributed by atoms with Crippen molar-refractivity contribution in [3.05, 3.63) is 0 Å². The summed E-state index contributed by atoms with van der Waals surface area (Å²) in [6.45, 7) is 2.23. The molecule has 0 unspecified atom stereocenters. The monoisotopic (exact) mass is 314 g/mol. The summed E-state index contributed by atoms with van der Waals surface area (Å²) in [5.74, 6) is 0. The van der Waals surface area contributed by atoms with Gasteiger partial charge in [0, 0.05) is 0 Å². The van der Waals surface area contributed by atoms with Crippen LogP contribution < -0.4 is 0 Å². The third-order valence-corrected chi connectivity index (χ3v) is 11.2. The SMILES string of the molecule is CCCCCC[SiH]1O[SiH2]O[SiH2]O[SiH2]O[SiH2]O1. The van der Waals surface area contributed by atoms with Crippen LogP contribution in [0.25, 0.3) is 0 Å². The van der Waals surface area contributed by atoms with Crippen LogP contribution in [0, 0.1) is 0 Å². The van der Waals surface area contributed by atoms with E-state index in [-0.39, 0.29) is 0 Å². The number of unbranched alkanes of at least 4 members (excludes halogenated alkanes) is 3. The van der Waals surface area contributed by atoms with Crippen molar-refractivity contribution in [2.45, 2.75) is 38.7 Å². The van der Waals surface area contributed by atoms with Crippen LogP contribution in [-0.2, 0) is 20.6 Å². The maximum Gasteiger partial charge on any atom is 0.303 e. The third kappa shape index (κ3) is 8.05. The number of hydrogen-bond donors (Lipinski definition) is 0. The molecule has 1 aliphatic heterocycles. The second kappa shape index (κ2) is 11.0. The zero-order chi connectivity index (χ0) is 11.5. The molecule has 96 valence electrons. The van der Waals surface area contributed by atoms with Crippen molar-refractivity contribution in [2.75, 3.05) is 0 Å². The van der Waals surface area contributed by atoms with E-state index >= 15 is 0 Å². The highest BCUT2D eigenvalue weighted by molar-refractivity contribution is 6.59. The molecule has 1 fully saturated rings. The van der Waals surface area contributed by atoms with E-state index in [0.29, 0.717) is 0 Å². The molecule has 1 saturated heterocycles. The summed E-state index contributed by atoms with van der Waals surface area (Å²) in [5, 5.41) is 0. The van der Waals surface area contributed by atoms with Gasteiger partial charge in [-0.05, 0) is 6.04 Å². The van der Waals surface area contributed by atoms with Gasteiger partial charge < -0.3 is 20.6 Å². The lowest BCUT2D eigenvalue weighted by atomic mass is 10.2. The highest BCUT2D eigenvalue weighted by Crippen LogP contribution is 2.07. The number of rotatable bonds is 5. The molecule has 1 rings (SSSR count). The van der Waals surface area contributed by atoms with Crippen LogP contribution in [0.1, 0.15) is 32.6 Å². The van der Waals surface area contributed by atoms with Gasteiger partial charge in [-0.3, -0.25) is 0 Å². The van der Waals surface area contributed by atoms with E-state index in [1.54, 1.807) is 0 Å². The van der Waals surface area contributed by atoms with Gasteiger partial charge in [-0.2, -0.15) is 0 Å². The predicted molar refractivity (Wildman–Crippen MR) is 75.7 cm³/mol. The van der Waals surface area contributed by atoms with E-state index in [2.05, 4.69) is 6.92 Å². The summed E-state index contributed by atoms with van der Waals surface area (Å²) < 4.78 is 27.7. The Bertz CT molecular complexity index is 154. The minimum atomic E-state index is -1.43. The summed E-state index contributed by atoms with van der Waals surface area (Å²) >= 11 is 0. The van der Waals surface area contributed by atoms with Crippen LogP contribution in [0.4, 0.5) is 0 Å². The van der Waals surface area contributed by atoms with Gasteiger partial charge in [-0.1, -0.05) is 32.6 Å². The predicted octanol–water partition coefficient (Wildman–Crippen LogP) is -2.12. The quantitative estimate of drug-likeness (QED) is 0.429. The maximum absolute atomic E-state index is 5.76. The largest absolute Gasteiger partial charge is 0.425 e. The molecular weight excluding hydrogens is 292 g/mol. The average molecular weight is 315 g/mol. The highest BCUT2D eigenvalue weighted by Gasteiger charge is 2.14. The average Bonchev–Trinajstić information content (AvgIpc) is 2.32. The Balaban J connectivity index is 2.09. The Hall–Kier alpha value is 0.884. The second-order valence-corrected chi connectivity index (χ2v) is 13.6. The van der Waals surface area contributed by atoms with Crippen LogP contribution in [0.15, 0.2) is 0 Å². The summed E-state index contributed by atoms with van der Waals surface area (Å²) in [6, 6.07) is 1.12. The fourth-order valence-corrected chi connectivity index (χ4v) is 12.2. The first-order chi connectivity index (χ1) is 7.93. The van der Waals surface area contributed by atoms with Gasteiger partial charge in [0.15, 0.2) is 0 Å². The summed E-state index contributed by atoms with van der Waals surface area (Å²) in [5.41, 5.74) is 0. The van der Waals surface area contributed by atoms with Gasteiger partial charge >= 0.3 is 9.28 Å². The van der Waals surface area contributed by atoms with Crippen molar-refractivity contribution < 1.29 is 20.6 Å². The molecule has 0 saturated carbocycles. The molecule has 0 amide bonds. The lowest BCUT2D eigenvalue weighted by Gasteiger charge is -2.19. The molecule has 0 atom stereocenters. The zero-order valence-corrected chi connectivity index (χ0v) is 16.8. The Morgan fingerprint density at radius 3 is 2.06 bits per heavy atom. The van der Waals surface area contributed by atoms with Crippen molar-refractivity contribution in [3.8, 4) is 0 Å². The van der Waals surface area contributed by atoms with Gasteiger partial charge in [-0.25, -0.2) is 0 Å².